The molecule has 0 fully saturated rings. The van der Waals surface area contributed by atoms with Crippen LogP contribution in [0.4, 0.5) is 16.3 Å². The zero-order valence-electron chi connectivity index (χ0n) is 23.5. The number of anilines is 2. The average Bonchev–Trinajstić information content (AvgIpc) is 3.23. The smallest absolute Gasteiger partial charge is 0.313 e. The van der Waals surface area contributed by atoms with E-state index in [1.807, 2.05) is 107 Å². The number of aryl methyl sites for hydroxylation is 2. The summed E-state index contributed by atoms with van der Waals surface area (Å²) in [5.74, 6) is 0.670. The zero-order chi connectivity index (χ0) is 28.1. The van der Waals surface area contributed by atoms with E-state index in [0.29, 0.717) is 17.4 Å². The highest BCUT2D eigenvalue weighted by Gasteiger charge is 2.24. The number of nitrogens with zero attached hydrogens (tertiary/aromatic N) is 3. The molecule has 4 rings (SSSR count). The first kappa shape index (κ1) is 27.6. The lowest BCUT2D eigenvalue weighted by Crippen LogP contribution is -2.44. The van der Waals surface area contributed by atoms with Crippen molar-refractivity contribution in [1.29, 1.82) is 0 Å². The van der Waals surface area contributed by atoms with E-state index in [2.05, 4.69) is 24.5 Å². The molecule has 4 aromatic rings. The van der Waals surface area contributed by atoms with Crippen LogP contribution in [0.1, 0.15) is 50.4 Å². The number of rotatable bonds is 8. The Morgan fingerprint density at radius 3 is 2.08 bits per heavy atom. The number of hydrogen-bond acceptors (Lipinski definition) is 3. The fourth-order valence-electron chi connectivity index (χ4n) is 4.43. The first-order valence-corrected chi connectivity index (χ1v) is 13.3. The van der Waals surface area contributed by atoms with Gasteiger partial charge in [0.2, 0.25) is 5.91 Å². The van der Waals surface area contributed by atoms with E-state index in [1.54, 1.807) is 4.68 Å². The summed E-state index contributed by atoms with van der Waals surface area (Å²) in [5.41, 5.74) is 6.44. The summed E-state index contributed by atoms with van der Waals surface area (Å²) in [4.78, 5) is 28.2. The van der Waals surface area contributed by atoms with Gasteiger partial charge in [0.25, 0.3) is 0 Å². The molecule has 0 bridgehead atoms. The van der Waals surface area contributed by atoms with Gasteiger partial charge in [-0.15, -0.1) is 0 Å². The lowest BCUT2D eigenvalue weighted by molar-refractivity contribution is -0.117. The van der Waals surface area contributed by atoms with Crippen LogP contribution in [0.15, 0.2) is 78.9 Å². The van der Waals surface area contributed by atoms with Crippen LogP contribution in [0, 0.1) is 13.8 Å². The number of urea groups is 1. The Balaban J connectivity index is 1.59. The fraction of sp³-hybridized carbons (Fsp3) is 0.281. The van der Waals surface area contributed by atoms with Crippen molar-refractivity contribution in [2.75, 3.05) is 17.2 Å². The molecule has 3 amide bonds. The third-order valence-corrected chi connectivity index (χ3v) is 6.69. The van der Waals surface area contributed by atoms with Crippen molar-refractivity contribution >= 4 is 23.4 Å². The van der Waals surface area contributed by atoms with Crippen molar-refractivity contribution in [2.24, 2.45) is 0 Å². The number of carbonyl (C=O) groups is 2. The van der Waals surface area contributed by atoms with Gasteiger partial charge in [-0.05, 0) is 69.0 Å². The fourth-order valence-corrected chi connectivity index (χ4v) is 4.43. The lowest BCUT2D eigenvalue weighted by atomic mass is 10.0. The van der Waals surface area contributed by atoms with E-state index < -0.39 is 0 Å². The summed E-state index contributed by atoms with van der Waals surface area (Å²) in [7, 11) is 0. The molecule has 0 saturated heterocycles. The van der Waals surface area contributed by atoms with Gasteiger partial charge in [0, 0.05) is 17.3 Å². The Labute approximate surface area is 230 Å². The van der Waals surface area contributed by atoms with Gasteiger partial charge in [0.15, 0.2) is 0 Å². The molecule has 1 heterocycles. The quantitative estimate of drug-likeness (QED) is 0.257. The number of benzene rings is 3. The van der Waals surface area contributed by atoms with Crippen molar-refractivity contribution in [3.05, 3.63) is 95.7 Å². The molecule has 0 aliphatic carbocycles. The zero-order valence-corrected chi connectivity index (χ0v) is 23.5. The Hall–Kier alpha value is -4.39. The molecule has 202 valence electrons. The second kappa shape index (κ2) is 12.0. The molecule has 0 aliphatic heterocycles. The van der Waals surface area contributed by atoms with Crippen LogP contribution in [0.2, 0.25) is 0 Å². The predicted octanol–water partition coefficient (Wildman–Crippen LogP) is 7.16. The summed E-state index contributed by atoms with van der Waals surface area (Å²) in [6.45, 7) is 11.9. The van der Waals surface area contributed by atoms with Crippen LogP contribution in [0.5, 0.6) is 0 Å². The molecule has 2 N–H and O–H groups in total. The molecule has 0 spiro atoms. The first-order valence-electron chi connectivity index (χ1n) is 13.3. The van der Waals surface area contributed by atoms with Crippen molar-refractivity contribution in [2.45, 2.75) is 53.5 Å². The molecule has 3 aromatic carbocycles. The van der Waals surface area contributed by atoms with Gasteiger partial charge in [-0.25, -0.2) is 9.48 Å². The van der Waals surface area contributed by atoms with E-state index in [9.17, 15) is 9.59 Å². The van der Waals surface area contributed by atoms with Gasteiger partial charge in [-0.1, -0.05) is 74.0 Å². The van der Waals surface area contributed by atoms with Crippen molar-refractivity contribution in [3.63, 3.8) is 0 Å². The van der Waals surface area contributed by atoms with E-state index in [4.69, 9.17) is 5.10 Å². The minimum atomic E-state index is -0.330. The van der Waals surface area contributed by atoms with E-state index >= 15 is 0 Å². The van der Waals surface area contributed by atoms with E-state index in [1.165, 1.54) is 10.5 Å². The highest BCUT2D eigenvalue weighted by molar-refractivity contribution is 5.99. The number of carbonyl (C=O) groups excluding carboxylic acids is 2. The summed E-state index contributed by atoms with van der Waals surface area (Å²) < 4.78 is 1.76. The van der Waals surface area contributed by atoms with E-state index in [0.717, 1.165) is 28.1 Å². The monoisotopic (exact) mass is 523 g/mol. The molecular formula is C32H37N5O2. The number of aromatic nitrogens is 2. The molecule has 0 saturated carbocycles. The highest BCUT2D eigenvalue weighted by Crippen LogP contribution is 2.33. The summed E-state index contributed by atoms with van der Waals surface area (Å²) >= 11 is 0. The maximum absolute atomic E-state index is 13.5. The minimum absolute atomic E-state index is 0.111. The van der Waals surface area contributed by atoms with Crippen LogP contribution in [0.3, 0.4) is 0 Å². The van der Waals surface area contributed by atoms with Crippen LogP contribution < -0.4 is 10.6 Å². The average molecular weight is 524 g/mol. The Morgan fingerprint density at radius 1 is 0.846 bits per heavy atom. The molecule has 7 nitrogen and oxygen atoms in total. The maximum Gasteiger partial charge on any atom is 0.322 e. The molecule has 39 heavy (non-hydrogen) atoms. The Morgan fingerprint density at radius 2 is 1.49 bits per heavy atom. The van der Waals surface area contributed by atoms with Crippen LogP contribution in [-0.4, -0.2) is 39.2 Å². The van der Waals surface area contributed by atoms with Crippen molar-refractivity contribution in [1.82, 2.24) is 14.7 Å². The van der Waals surface area contributed by atoms with Crippen LogP contribution in [0.25, 0.3) is 16.8 Å². The van der Waals surface area contributed by atoms with Gasteiger partial charge in [0.05, 0.1) is 11.4 Å². The summed E-state index contributed by atoms with van der Waals surface area (Å²) in [5, 5.41) is 10.8. The molecule has 1 aromatic heterocycles. The summed E-state index contributed by atoms with van der Waals surface area (Å²) in [6, 6.07) is 25.1. The molecule has 7 heteroatoms. The Bertz CT molecular complexity index is 1420. The third-order valence-electron chi connectivity index (χ3n) is 6.69. The van der Waals surface area contributed by atoms with E-state index in [-0.39, 0.29) is 24.5 Å². The van der Waals surface area contributed by atoms with Crippen molar-refractivity contribution < 1.29 is 9.59 Å². The molecular weight excluding hydrogens is 486 g/mol. The third kappa shape index (κ3) is 6.55. The lowest BCUT2D eigenvalue weighted by Gasteiger charge is -2.26. The summed E-state index contributed by atoms with van der Waals surface area (Å²) in [6.07, 6.45) is 0. The Kier molecular flexibility index (Phi) is 8.49. The standard InChI is InChI=1S/C32H37N5O2/c1-21(2)25-14-16-27(17-15-25)33-32(39)36(22(3)4)20-29(38)34-31-30(26-10-8-7-9-11-26)24(6)35-37(31)28-18-12-23(5)13-19-28/h7-19,21-22H,20H2,1-6H3,(H,33,39)(H,34,38). The minimum Gasteiger partial charge on any atom is -0.313 e. The predicted molar refractivity (Wildman–Crippen MR) is 158 cm³/mol. The highest BCUT2D eigenvalue weighted by atomic mass is 16.2. The first-order chi connectivity index (χ1) is 18.6. The van der Waals surface area contributed by atoms with Gasteiger partial charge < -0.3 is 15.5 Å². The van der Waals surface area contributed by atoms with Gasteiger partial charge in [-0.3, -0.25) is 4.79 Å². The number of nitrogens with one attached hydrogen (secondary N) is 2. The number of amides is 3. The van der Waals surface area contributed by atoms with Gasteiger partial charge in [0.1, 0.15) is 12.4 Å². The van der Waals surface area contributed by atoms with Crippen LogP contribution >= 0.6 is 0 Å². The maximum atomic E-state index is 13.5. The van der Waals surface area contributed by atoms with Gasteiger partial charge in [-0.2, -0.15) is 5.10 Å². The van der Waals surface area contributed by atoms with Crippen LogP contribution in [-0.2, 0) is 4.79 Å². The number of hydrogen-bond donors (Lipinski definition) is 2. The normalized spacial score (nSPS) is 11.1. The van der Waals surface area contributed by atoms with Crippen molar-refractivity contribution in [3.8, 4) is 16.8 Å². The van der Waals surface area contributed by atoms with Gasteiger partial charge >= 0.3 is 6.03 Å². The molecule has 0 radical (unpaired) electrons. The molecule has 0 unspecified atom stereocenters. The topological polar surface area (TPSA) is 79.3 Å². The SMILES string of the molecule is Cc1ccc(-n2nc(C)c(-c3ccccc3)c2NC(=O)CN(C(=O)Nc2ccc(C(C)C)cc2)C(C)C)cc1. The molecule has 0 aliphatic rings. The largest absolute Gasteiger partial charge is 0.322 e. The second-order valence-electron chi connectivity index (χ2n) is 10.4. The molecule has 0 atom stereocenters. The second-order valence-corrected chi connectivity index (χ2v) is 10.4.